The Bertz CT molecular complexity index is 1270. The Morgan fingerprint density at radius 3 is 2.61 bits per heavy atom. The summed E-state index contributed by atoms with van der Waals surface area (Å²) >= 11 is 0. The van der Waals surface area contributed by atoms with Gasteiger partial charge in [0.2, 0.25) is 5.95 Å². The van der Waals surface area contributed by atoms with Gasteiger partial charge in [-0.25, -0.2) is 14.8 Å². The predicted molar refractivity (Wildman–Crippen MR) is 127 cm³/mol. The highest BCUT2D eigenvalue weighted by Crippen LogP contribution is 2.35. The molecule has 0 atom stereocenters. The Labute approximate surface area is 182 Å². The number of fused-ring (bicyclic) bond motifs is 5. The number of benzene rings is 1. The van der Waals surface area contributed by atoms with Crippen LogP contribution in [0, 0.1) is 0 Å². The molecule has 0 saturated carbocycles. The van der Waals surface area contributed by atoms with Crippen LogP contribution in [0.25, 0.3) is 33.0 Å². The second-order valence-electron chi connectivity index (χ2n) is 9.13. The largest absolute Gasteiger partial charge is 0.464 e. The lowest BCUT2D eigenvalue weighted by molar-refractivity contribution is 0.0596. The van der Waals surface area contributed by atoms with Gasteiger partial charge in [-0.3, -0.25) is 4.57 Å². The lowest BCUT2D eigenvalue weighted by Crippen LogP contribution is -2.22. The maximum atomic E-state index is 12.6. The summed E-state index contributed by atoms with van der Waals surface area (Å²) in [4.78, 5) is 27.2. The summed E-state index contributed by atoms with van der Waals surface area (Å²) < 4.78 is 13.1. The number of ether oxygens (including phenoxy) is 2. The maximum absolute atomic E-state index is 12.6. The topological polar surface area (TPSA) is 85.3 Å². The van der Waals surface area contributed by atoms with Gasteiger partial charge in [0.1, 0.15) is 17.9 Å². The SMILES string of the molecule is COC(=O)c1nc2[nH]c3ccccc3c2c2c1nc(N(C)C)n2COCC[Si](C)(C)C. The molecule has 164 valence electrons. The van der Waals surface area contributed by atoms with Crippen LogP contribution in [0.2, 0.25) is 25.7 Å². The number of pyridine rings is 1. The van der Waals surface area contributed by atoms with Crippen molar-refractivity contribution in [2.24, 2.45) is 0 Å². The number of aromatic nitrogens is 4. The quantitative estimate of drug-likeness (QED) is 0.263. The van der Waals surface area contributed by atoms with Crippen molar-refractivity contribution in [2.75, 3.05) is 32.7 Å². The molecule has 0 saturated heterocycles. The number of H-pyrrole nitrogens is 1. The summed E-state index contributed by atoms with van der Waals surface area (Å²) in [7, 11) is 4.01. The summed E-state index contributed by atoms with van der Waals surface area (Å²) in [6.07, 6.45) is 0. The van der Waals surface area contributed by atoms with Crippen LogP contribution in [0.15, 0.2) is 24.3 Å². The first-order chi connectivity index (χ1) is 14.7. The Morgan fingerprint density at radius 1 is 1.19 bits per heavy atom. The van der Waals surface area contributed by atoms with Crippen molar-refractivity contribution in [3.63, 3.8) is 0 Å². The average Bonchev–Trinajstić information content (AvgIpc) is 3.27. The van der Waals surface area contributed by atoms with Gasteiger partial charge in [0.05, 0.1) is 18.0 Å². The molecule has 0 fully saturated rings. The van der Waals surface area contributed by atoms with Gasteiger partial charge < -0.3 is 19.4 Å². The Hall–Kier alpha value is -2.91. The van der Waals surface area contributed by atoms with Crippen LogP contribution in [-0.2, 0) is 16.2 Å². The average molecular weight is 440 g/mol. The van der Waals surface area contributed by atoms with Gasteiger partial charge in [0.15, 0.2) is 5.69 Å². The van der Waals surface area contributed by atoms with Gasteiger partial charge in [-0.05, 0) is 12.1 Å². The molecule has 4 rings (SSSR count). The predicted octanol–water partition coefficient (Wildman–Crippen LogP) is 4.23. The third-order valence-electron chi connectivity index (χ3n) is 5.31. The zero-order valence-corrected chi connectivity index (χ0v) is 19.9. The Morgan fingerprint density at radius 2 is 1.94 bits per heavy atom. The molecule has 3 aromatic heterocycles. The van der Waals surface area contributed by atoms with E-state index in [-0.39, 0.29) is 5.69 Å². The standard InChI is InChI=1S/C22H29N5O3Si/c1-26(2)22-25-17-18(21(28)29-3)24-20-16(14-9-7-8-10-15(14)23-20)19(17)27(22)13-30-11-12-31(4,5)6/h7-10H,11-13H2,1-6H3,(H,23,24). The van der Waals surface area contributed by atoms with E-state index in [9.17, 15) is 4.79 Å². The maximum Gasteiger partial charge on any atom is 0.359 e. The highest BCUT2D eigenvalue weighted by Gasteiger charge is 2.25. The zero-order chi connectivity index (χ0) is 22.3. The first-order valence-electron chi connectivity index (χ1n) is 10.4. The number of esters is 1. The smallest absolute Gasteiger partial charge is 0.359 e. The van der Waals surface area contributed by atoms with E-state index in [1.165, 1.54) is 7.11 Å². The van der Waals surface area contributed by atoms with Gasteiger partial charge in [-0.15, -0.1) is 0 Å². The summed E-state index contributed by atoms with van der Waals surface area (Å²) in [5.74, 6) is 0.188. The number of imidazole rings is 1. The number of methoxy groups -OCH3 is 1. The fourth-order valence-corrected chi connectivity index (χ4v) is 4.47. The van der Waals surface area contributed by atoms with Crippen LogP contribution in [0.3, 0.4) is 0 Å². The van der Waals surface area contributed by atoms with E-state index in [2.05, 4.69) is 29.6 Å². The minimum absolute atomic E-state index is 0.195. The number of aromatic amines is 1. The zero-order valence-electron chi connectivity index (χ0n) is 18.9. The molecule has 4 aromatic rings. The number of anilines is 1. The van der Waals surface area contributed by atoms with Gasteiger partial charge >= 0.3 is 5.97 Å². The first kappa shape index (κ1) is 21.3. The number of hydrogen-bond donors (Lipinski definition) is 1. The second-order valence-corrected chi connectivity index (χ2v) is 14.7. The van der Waals surface area contributed by atoms with Crippen molar-refractivity contribution in [1.82, 2.24) is 19.5 Å². The molecular weight excluding hydrogens is 410 g/mol. The second kappa shape index (κ2) is 7.97. The minimum Gasteiger partial charge on any atom is -0.464 e. The Balaban J connectivity index is 1.97. The van der Waals surface area contributed by atoms with Crippen molar-refractivity contribution in [3.8, 4) is 0 Å². The van der Waals surface area contributed by atoms with Crippen molar-refractivity contribution in [1.29, 1.82) is 0 Å². The molecular formula is C22H29N5O3Si. The molecule has 0 aliphatic heterocycles. The van der Waals surface area contributed by atoms with Crippen LogP contribution >= 0.6 is 0 Å². The number of nitrogens with one attached hydrogen (secondary N) is 1. The number of rotatable bonds is 7. The molecule has 1 N–H and O–H groups in total. The molecule has 31 heavy (non-hydrogen) atoms. The molecule has 3 heterocycles. The lowest BCUT2D eigenvalue weighted by atomic mass is 10.1. The summed E-state index contributed by atoms with van der Waals surface area (Å²) in [6.45, 7) is 8.02. The van der Waals surface area contributed by atoms with Crippen molar-refractivity contribution < 1.29 is 14.3 Å². The summed E-state index contributed by atoms with van der Waals surface area (Å²) in [6, 6.07) is 9.09. The fourth-order valence-electron chi connectivity index (χ4n) is 3.71. The van der Waals surface area contributed by atoms with Crippen LogP contribution in [0.5, 0.6) is 0 Å². The number of para-hydroxylation sites is 1. The normalized spacial score (nSPS) is 12.2. The van der Waals surface area contributed by atoms with E-state index in [0.717, 1.165) is 27.8 Å². The molecule has 0 spiro atoms. The molecule has 9 heteroatoms. The van der Waals surface area contributed by atoms with E-state index < -0.39 is 14.0 Å². The molecule has 0 radical (unpaired) electrons. The summed E-state index contributed by atoms with van der Waals surface area (Å²) in [5, 5.41) is 1.95. The fraction of sp³-hybridized carbons (Fsp3) is 0.409. The van der Waals surface area contributed by atoms with E-state index in [1.54, 1.807) is 0 Å². The van der Waals surface area contributed by atoms with Crippen LogP contribution in [-0.4, -0.2) is 61.4 Å². The number of carbonyl (C=O) groups excluding carboxylic acids is 1. The van der Waals surface area contributed by atoms with Crippen LogP contribution in [0.1, 0.15) is 10.5 Å². The van der Waals surface area contributed by atoms with Crippen molar-refractivity contribution in [3.05, 3.63) is 30.0 Å². The monoisotopic (exact) mass is 439 g/mol. The van der Waals surface area contributed by atoms with E-state index in [4.69, 9.17) is 14.5 Å². The first-order valence-corrected chi connectivity index (χ1v) is 14.1. The minimum atomic E-state index is -1.20. The van der Waals surface area contributed by atoms with E-state index in [0.29, 0.717) is 30.4 Å². The molecule has 0 unspecified atom stereocenters. The molecule has 8 nitrogen and oxygen atoms in total. The molecule has 1 aromatic carbocycles. The third-order valence-corrected chi connectivity index (χ3v) is 7.02. The molecule has 0 bridgehead atoms. The molecule has 0 aliphatic carbocycles. The van der Waals surface area contributed by atoms with Crippen molar-refractivity contribution in [2.45, 2.75) is 32.4 Å². The number of hydrogen-bond acceptors (Lipinski definition) is 6. The molecule has 0 aliphatic rings. The van der Waals surface area contributed by atoms with Crippen LogP contribution in [0.4, 0.5) is 5.95 Å². The summed E-state index contributed by atoms with van der Waals surface area (Å²) in [5.41, 5.74) is 3.11. The van der Waals surface area contributed by atoms with Crippen molar-refractivity contribution >= 4 is 53.0 Å². The van der Waals surface area contributed by atoms with Gasteiger partial charge in [0, 0.05) is 39.7 Å². The number of nitrogens with zero attached hydrogens (tertiary/aromatic N) is 4. The van der Waals surface area contributed by atoms with Gasteiger partial charge in [-0.2, -0.15) is 0 Å². The van der Waals surface area contributed by atoms with E-state index >= 15 is 0 Å². The highest BCUT2D eigenvalue weighted by atomic mass is 28.3. The molecule has 0 amide bonds. The van der Waals surface area contributed by atoms with Crippen LogP contribution < -0.4 is 4.90 Å². The third kappa shape index (κ3) is 3.90. The lowest BCUT2D eigenvalue weighted by Gasteiger charge is -2.18. The van der Waals surface area contributed by atoms with Gasteiger partial charge in [-0.1, -0.05) is 37.8 Å². The van der Waals surface area contributed by atoms with E-state index in [1.807, 2.05) is 47.8 Å². The Kier molecular flexibility index (Phi) is 5.48. The highest BCUT2D eigenvalue weighted by molar-refractivity contribution is 6.76. The van der Waals surface area contributed by atoms with Gasteiger partial charge in [0.25, 0.3) is 0 Å². The number of carbonyl (C=O) groups is 1.